The first-order valence-corrected chi connectivity index (χ1v) is 9.91. The summed E-state index contributed by atoms with van der Waals surface area (Å²) >= 11 is 0. The number of nitrogens with one attached hydrogen (secondary N) is 2. The van der Waals surface area contributed by atoms with Crippen LogP contribution in [0, 0.1) is 0 Å². The second-order valence-electron chi connectivity index (χ2n) is 6.76. The van der Waals surface area contributed by atoms with E-state index < -0.39 is 0 Å². The highest BCUT2D eigenvalue weighted by Crippen LogP contribution is 2.21. The topological polar surface area (TPSA) is 62.8 Å². The number of benzene rings is 2. The van der Waals surface area contributed by atoms with Gasteiger partial charge < -0.3 is 20.1 Å². The molecule has 0 aromatic heterocycles. The van der Waals surface area contributed by atoms with Crippen LogP contribution in [-0.4, -0.2) is 50.3 Å². The molecule has 1 aliphatic heterocycles. The SMILES string of the molecule is CCOc1ccc(NC(=O)NCCCN2CCO[C@@H](c3ccccc3)C2)cc1. The lowest BCUT2D eigenvalue weighted by atomic mass is 10.1. The molecule has 1 aliphatic rings. The zero-order valence-corrected chi connectivity index (χ0v) is 16.4. The Kier molecular flexibility index (Phi) is 7.70. The Hall–Kier alpha value is -2.57. The monoisotopic (exact) mass is 383 g/mol. The highest BCUT2D eigenvalue weighted by atomic mass is 16.5. The second-order valence-corrected chi connectivity index (χ2v) is 6.76. The van der Waals surface area contributed by atoms with Crippen molar-refractivity contribution in [2.45, 2.75) is 19.4 Å². The predicted octanol–water partition coefficient (Wildman–Crippen LogP) is 3.67. The number of anilines is 1. The third-order valence-electron chi connectivity index (χ3n) is 4.68. The van der Waals surface area contributed by atoms with Crippen molar-refractivity contribution in [1.29, 1.82) is 0 Å². The van der Waals surface area contributed by atoms with Gasteiger partial charge >= 0.3 is 6.03 Å². The van der Waals surface area contributed by atoms with Gasteiger partial charge in [-0.25, -0.2) is 4.79 Å². The number of hydrogen-bond donors (Lipinski definition) is 2. The van der Waals surface area contributed by atoms with E-state index in [0.29, 0.717) is 13.2 Å². The predicted molar refractivity (Wildman–Crippen MR) is 111 cm³/mol. The summed E-state index contributed by atoms with van der Waals surface area (Å²) in [6.07, 6.45) is 1.03. The lowest BCUT2D eigenvalue weighted by Crippen LogP contribution is -2.40. The molecule has 0 unspecified atom stereocenters. The first-order valence-electron chi connectivity index (χ1n) is 9.91. The summed E-state index contributed by atoms with van der Waals surface area (Å²) in [7, 11) is 0. The van der Waals surface area contributed by atoms with E-state index in [4.69, 9.17) is 9.47 Å². The maximum Gasteiger partial charge on any atom is 0.319 e. The molecule has 1 fully saturated rings. The summed E-state index contributed by atoms with van der Waals surface area (Å²) in [5.41, 5.74) is 1.97. The van der Waals surface area contributed by atoms with E-state index in [1.54, 1.807) is 0 Å². The third kappa shape index (κ3) is 6.25. The molecular weight excluding hydrogens is 354 g/mol. The molecule has 150 valence electrons. The average molecular weight is 383 g/mol. The van der Waals surface area contributed by atoms with Crippen molar-refractivity contribution in [2.75, 3.05) is 44.7 Å². The molecule has 6 heteroatoms. The van der Waals surface area contributed by atoms with E-state index in [0.717, 1.165) is 44.1 Å². The van der Waals surface area contributed by atoms with Crippen molar-refractivity contribution < 1.29 is 14.3 Å². The molecular formula is C22H29N3O3. The fourth-order valence-electron chi connectivity index (χ4n) is 3.26. The molecule has 0 bridgehead atoms. The van der Waals surface area contributed by atoms with Gasteiger partial charge in [-0.2, -0.15) is 0 Å². The Morgan fingerprint density at radius 2 is 1.96 bits per heavy atom. The molecule has 2 amide bonds. The molecule has 2 aromatic carbocycles. The van der Waals surface area contributed by atoms with Crippen molar-refractivity contribution in [3.05, 3.63) is 60.2 Å². The molecule has 1 saturated heterocycles. The van der Waals surface area contributed by atoms with E-state index >= 15 is 0 Å². The summed E-state index contributed by atoms with van der Waals surface area (Å²) in [6, 6.07) is 17.5. The van der Waals surface area contributed by atoms with Crippen LogP contribution in [0.5, 0.6) is 5.75 Å². The lowest BCUT2D eigenvalue weighted by Gasteiger charge is -2.33. The number of hydrogen-bond acceptors (Lipinski definition) is 4. The van der Waals surface area contributed by atoms with E-state index in [2.05, 4.69) is 27.7 Å². The molecule has 28 heavy (non-hydrogen) atoms. The highest BCUT2D eigenvalue weighted by molar-refractivity contribution is 5.89. The number of urea groups is 1. The Labute approximate surface area is 166 Å². The quantitative estimate of drug-likeness (QED) is 0.683. The van der Waals surface area contributed by atoms with Crippen LogP contribution in [0.4, 0.5) is 10.5 Å². The molecule has 0 aliphatic carbocycles. The van der Waals surface area contributed by atoms with Gasteiger partial charge in [0.25, 0.3) is 0 Å². The minimum atomic E-state index is -0.187. The first kappa shape index (κ1) is 20.2. The Morgan fingerprint density at radius 3 is 2.71 bits per heavy atom. The zero-order chi connectivity index (χ0) is 19.6. The number of amides is 2. The number of carbonyl (C=O) groups is 1. The van der Waals surface area contributed by atoms with Crippen LogP contribution in [0.1, 0.15) is 25.0 Å². The van der Waals surface area contributed by atoms with Crippen molar-refractivity contribution in [3.8, 4) is 5.75 Å². The van der Waals surface area contributed by atoms with Crippen LogP contribution in [0.2, 0.25) is 0 Å². The lowest BCUT2D eigenvalue weighted by molar-refractivity contribution is -0.0301. The molecule has 3 rings (SSSR count). The second kappa shape index (κ2) is 10.7. The van der Waals surface area contributed by atoms with Crippen LogP contribution in [0.15, 0.2) is 54.6 Å². The average Bonchev–Trinajstić information content (AvgIpc) is 2.74. The number of carbonyl (C=O) groups excluding carboxylic acids is 1. The normalized spacial score (nSPS) is 17.1. The van der Waals surface area contributed by atoms with Crippen molar-refractivity contribution in [3.63, 3.8) is 0 Å². The van der Waals surface area contributed by atoms with Gasteiger partial charge in [0.05, 0.1) is 19.3 Å². The Balaban J connectivity index is 1.34. The van der Waals surface area contributed by atoms with Crippen molar-refractivity contribution >= 4 is 11.7 Å². The Morgan fingerprint density at radius 1 is 1.18 bits per heavy atom. The summed E-state index contributed by atoms with van der Waals surface area (Å²) in [5, 5.41) is 5.75. The minimum absolute atomic E-state index is 0.130. The summed E-state index contributed by atoms with van der Waals surface area (Å²) in [5.74, 6) is 0.799. The molecule has 1 atom stereocenters. The number of morpholine rings is 1. The molecule has 2 aromatic rings. The number of nitrogens with zero attached hydrogens (tertiary/aromatic N) is 1. The molecule has 2 N–H and O–H groups in total. The van der Waals surface area contributed by atoms with Gasteiger partial charge in [0.2, 0.25) is 0 Å². The van der Waals surface area contributed by atoms with E-state index in [1.807, 2.05) is 49.4 Å². The fourth-order valence-corrected chi connectivity index (χ4v) is 3.26. The summed E-state index contributed by atoms with van der Waals surface area (Å²) < 4.78 is 11.3. The molecule has 0 saturated carbocycles. The Bertz CT molecular complexity index is 722. The first-order chi connectivity index (χ1) is 13.7. The third-order valence-corrected chi connectivity index (χ3v) is 4.68. The van der Waals surface area contributed by atoms with Gasteiger partial charge in [-0.05, 0) is 43.2 Å². The van der Waals surface area contributed by atoms with Crippen LogP contribution < -0.4 is 15.4 Å². The van der Waals surface area contributed by atoms with Gasteiger partial charge in [-0.15, -0.1) is 0 Å². The smallest absolute Gasteiger partial charge is 0.319 e. The van der Waals surface area contributed by atoms with Gasteiger partial charge in [0.1, 0.15) is 5.75 Å². The van der Waals surface area contributed by atoms with Gasteiger partial charge in [0, 0.05) is 31.9 Å². The standard InChI is InChI=1S/C22H29N3O3/c1-2-27-20-11-9-19(10-12-20)24-22(26)23-13-6-14-25-15-16-28-21(17-25)18-7-4-3-5-8-18/h3-5,7-12,21H,2,6,13-17H2,1H3,(H2,23,24,26)/t21-/m1/s1. The largest absolute Gasteiger partial charge is 0.494 e. The van der Waals surface area contributed by atoms with E-state index in [-0.39, 0.29) is 12.1 Å². The maximum absolute atomic E-state index is 12.0. The molecule has 1 heterocycles. The number of ether oxygens (including phenoxy) is 2. The zero-order valence-electron chi connectivity index (χ0n) is 16.4. The van der Waals surface area contributed by atoms with Gasteiger partial charge in [-0.3, -0.25) is 4.90 Å². The van der Waals surface area contributed by atoms with E-state index in [1.165, 1.54) is 5.56 Å². The van der Waals surface area contributed by atoms with Crippen LogP contribution in [-0.2, 0) is 4.74 Å². The van der Waals surface area contributed by atoms with Crippen LogP contribution in [0.25, 0.3) is 0 Å². The van der Waals surface area contributed by atoms with Crippen LogP contribution >= 0.6 is 0 Å². The fraction of sp³-hybridized carbons (Fsp3) is 0.409. The maximum atomic E-state index is 12.0. The summed E-state index contributed by atoms with van der Waals surface area (Å²) in [4.78, 5) is 14.4. The molecule has 0 radical (unpaired) electrons. The van der Waals surface area contributed by atoms with Crippen molar-refractivity contribution in [1.82, 2.24) is 10.2 Å². The van der Waals surface area contributed by atoms with E-state index in [9.17, 15) is 4.79 Å². The molecule has 6 nitrogen and oxygen atoms in total. The summed E-state index contributed by atoms with van der Waals surface area (Å²) in [6.45, 7) is 6.71. The highest BCUT2D eigenvalue weighted by Gasteiger charge is 2.21. The van der Waals surface area contributed by atoms with Crippen molar-refractivity contribution in [2.24, 2.45) is 0 Å². The van der Waals surface area contributed by atoms with Gasteiger partial charge in [-0.1, -0.05) is 30.3 Å². The van der Waals surface area contributed by atoms with Crippen LogP contribution in [0.3, 0.4) is 0 Å². The number of rotatable bonds is 8. The molecule has 0 spiro atoms. The van der Waals surface area contributed by atoms with Gasteiger partial charge in [0.15, 0.2) is 0 Å². The minimum Gasteiger partial charge on any atom is -0.494 e.